The van der Waals surface area contributed by atoms with Crippen LogP contribution in [0.2, 0.25) is 0 Å². The van der Waals surface area contributed by atoms with Gasteiger partial charge >= 0.3 is 13.8 Å². The minimum atomic E-state index is -4.74. The topological polar surface area (TPSA) is 89.7 Å². The predicted molar refractivity (Wildman–Crippen MR) is 54.6 cm³/mol. The molecule has 1 N–H and O–H groups in total. The Balaban J connectivity index is 2.85. The van der Waals surface area contributed by atoms with E-state index >= 15 is 0 Å². The Morgan fingerprint density at radius 1 is 1.33 bits per heavy atom. The van der Waals surface area contributed by atoms with Gasteiger partial charge < -0.3 is 4.89 Å². The molecule has 18 heavy (non-hydrogen) atoms. The molecule has 0 saturated carbocycles. The summed E-state index contributed by atoms with van der Waals surface area (Å²) in [5.41, 5.74) is -0.352. The van der Waals surface area contributed by atoms with Gasteiger partial charge in [-0.05, 0) is 12.1 Å². The van der Waals surface area contributed by atoms with Crippen LogP contribution in [-0.2, 0) is 9.09 Å². The Morgan fingerprint density at radius 2 is 1.83 bits per heavy atom. The van der Waals surface area contributed by atoms with E-state index in [1.54, 1.807) is 0 Å². The molecule has 0 bridgehead atoms. The summed E-state index contributed by atoms with van der Waals surface area (Å²) in [6, 6.07) is 3.54. The monoisotopic (exact) mass is 285 g/mol. The number of nitro groups is 1. The van der Waals surface area contributed by atoms with Gasteiger partial charge in [0.15, 0.2) is 6.61 Å². The van der Waals surface area contributed by atoms with Gasteiger partial charge in [-0.3, -0.25) is 19.2 Å². The molecule has 0 spiro atoms. The molecule has 0 saturated heterocycles. The van der Waals surface area contributed by atoms with E-state index in [1.807, 2.05) is 0 Å². The number of non-ortho nitro benzene ring substituents is 1. The van der Waals surface area contributed by atoms with Crippen molar-refractivity contribution in [1.82, 2.24) is 0 Å². The Hall–Kier alpha value is -1.44. The summed E-state index contributed by atoms with van der Waals surface area (Å²) in [5.74, 6) is 0. The SMILES string of the molecule is O=[N+]([O-])c1ccc(P(=O)(O)OCC(F)(F)F)cc1. The quantitative estimate of drug-likeness (QED) is 0.519. The fourth-order valence-corrected chi connectivity index (χ4v) is 1.99. The van der Waals surface area contributed by atoms with Crippen molar-refractivity contribution in [2.45, 2.75) is 6.18 Å². The first-order valence-corrected chi connectivity index (χ1v) is 5.99. The van der Waals surface area contributed by atoms with Crippen molar-refractivity contribution in [2.75, 3.05) is 6.61 Å². The molecule has 0 aromatic heterocycles. The summed E-state index contributed by atoms with van der Waals surface area (Å²) in [6.07, 6.45) is -4.74. The zero-order valence-electron chi connectivity index (χ0n) is 8.63. The van der Waals surface area contributed by atoms with Gasteiger partial charge in [-0.15, -0.1) is 0 Å². The van der Waals surface area contributed by atoms with Gasteiger partial charge in [0.1, 0.15) is 0 Å². The van der Waals surface area contributed by atoms with Crippen LogP contribution in [-0.4, -0.2) is 22.6 Å². The Kier molecular flexibility index (Phi) is 4.10. The number of hydrogen-bond donors (Lipinski definition) is 1. The Labute approximate surface area is 98.7 Å². The van der Waals surface area contributed by atoms with E-state index in [4.69, 9.17) is 0 Å². The molecule has 0 radical (unpaired) electrons. The highest BCUT2D eigenvalue weighted by Gasteiger charge is 2.33. The first-order chi connectivity index (χ1) is 8.12. The van der Waals surface area contributed by atoms with Gasteiger partial charge in [0, 0.05) is 12.1 Å². The van der Waals surface area contributed by atoms with E-state index in [1.165, 1.54) is 0 Å². The number of halogens is 3. The zero-order chi connectivity index (χ0) is 14.0. The van der Waals surface area contributed by atoms with Crippen molar-refractivity contribution in [3.05, 3.63) is 34.4 Å². The van der Waals surface area contributed by atoms with Gasteiger partial charge in [0.2, 0.25) is 0 Å². The van der Waals surface area contributed by atoms with E-state index < -0.39 is 30.6 Å². The van der Waals surface area contributed by atoms with Crippen LogP contribution in [0.25, 0.3) is 0 Å². The van der Waals surface area contributed by atoms with E-state index in [-0.39, 0.29) is 5.69 Å². The number of nitrogens with zero attached hydrogens (tertiary/aromatic N) is 1. The fraction of sp³-hybridized carbons (Fsp3) is 0.250. The normalized spacial score (nSPS) is 15.1. The van der Waals surface area contributed by atoms with Crippen molar-refractivity contribution in [1.29, 1.82) is 0 Å². The standard InChI is InChI=1S/C8H7F3NO5P/c9-8(10,11)5-17-18(15,16)7-3-1-6(2-4-7)12(13)14/h1-4H,5H2,(H,15,16). The van der Waals surface area contributed by atoms with Crippen LogP contribution < -0.4 is 5.30 Å². The second kappa shape index (κ2) is 5.05. The molecular formula is C8H7F3NO5P. The molecular weight excluding hydrogens is 278 g/mol. The van der Waals surface area contributed by atoms with Gasteiger partial charge in [-0.2, -0.15) is 13.2 Å². The highest BCUT2D eigenvalue weighted by Crippen LogP contribution is 2.42. The second-order valence-corrected chi connectivity index (χ2v) is 5.00. The second-order valence-electron chi connectivity index (χ2n) is 3.18. The van der Waals surface area contributed by atoms with Crippen LogP contribution in [0.4, 0.5) is 18.9 Å². The average molecular weight is 285 g/mol. The lowest BCUT2D eigenvalue weighted by atomic mass is 10.3. The first kappa shape index (κ1) is 14.6. The molecule has 1 aromatic carbocycles. The van der Waals surface area contributed by atoms with Crippen LogP contribution in [0.1, 0.15) is 0 Å². The molecule has 0 fully saturated rings. The lowest BCUT2D eigenvalue weighted by Gasteiger charge is -2.13. The summed E-state index contributed by atoms with van der Waals surface area (Å²) in [6.45, 7) is -1.88. The molecule has 1 atom stereocenters. The summed E-state index contributed by atoms with van der Waals surface area (Å²) in [4.78, 5) is 18.8. The van der Waals surface area contributed by atoms with Gasteiger partial charge in [-0.25, -0.2) is 0 Å². The van der Waals surface area contributed by atoms with Gasteiger partial charge in [0.25, 0.3) is 5.69 Å². The smallest absolute Gasteiger partial charge is 0.321 e. The van der Waals surface area contributed by atoms with E-state index in [0.29, 0.717) is 0 Å². The highest BCUT2D eigenvalue weighted by molar-refractivity contribution is 7.61. The summed E-state index contributed by atoms with van der Waals surface area (Å²) >= 11 is 0. The maximum atomic E-state index is 11.8. The Bertz CT molecular complexity index is 487. The van der Waals surface area contributed by atoms with Crippen LogP contribution in [0.15, 0.2) is 24.3 Å². The zero-order valence-corrected chi connectivity index (χ0v) is 9.52. The van der Waals surface area contributed by atoms with Crippen LogP contribution in [0, 0.1) is 10.1 Å². The lowest BCUT2D eigenvalue weighted by Crippen LogP contribution is -2.18. The molecule has 0 aliphatic heterocycles. The molecule has 0 aliphatic rings. The minimum absolute atomic E-state index is 0.352. The largest absolute Gasteiger partial charge is 0.412 e. The van der Waals surface area contributed by atoms with Crippen molar-refractivity contribution >= 4 is 18.6 Å². The molecule has 6 nitrogen and oxygen atoms in total. The summed E-state index contributed by atoms with van der Waals surface area (Å²) in [5, 5.41) is 9.87. The summed E-state index contributed by atoms with van der Waals surface area (Å²) < 4.78 is 50.8. The number of alkyl halides is 3. The van der Waals surface area contributed by atoms with Gasteiger partial charge in [0.05, 0.1) is 10.2 Å². The Morgan fingerprint density at radius 3 is 2.22 bits per heavy atom. The maximum Gasteiger partial charge on any atom is 0.412 e. The molecule has 0 aliphatic carbocycles. The molecule has 1 aromatic rings. The average Bonchev–Trinajstić information content (AvgIpc) is 2.26. The highest BCUT2D eigenvalue weighted by atomic mass is 31.2. The van der Waals surface area contributed by atoms with E-state index in [0.717, 1.165) is 24.3 Å². The van der Waals surface area contributed by atoms with E-state index in [9.17, 15) is 32.7 Å². The summed E-state index contributed by atoms with van der Waals surface area (Å²) in [7, 11) is -4.63. The third-order valence-corrected chi connectivity index (χ3v) is 3.22. The third-order valence-electron chi connectivity index (χ3n) is 1.79. The molecule has 0 amide bonds. The molecule has 100 valence electrons. The maximum absolute atomic E-state index is 11.8. The lowest BCUT2D eigenvalue weighted by molar-refractivity contribution is -0.384. The van der Waals surface area contributed by atoms with Crippen LogP contribution in [0.3, 0.4) is 0 Å². The van der Waals surface area contributed by atoms with Crippen LogP contribution in [0.5, 0.6) is 0 Å². The molecule has 1 rings (SSSR count). The van der Waals surface area contributed by atoms with Gasteiger partial charge in [-0.1, -0.05) is 0 Å². The van der Waals surface area contributed by atoms with Crippen molar-refractivity contribution < 1.29 is 32.1 Å². The van der Waals surface area contributed by atoms with Crippen molar-refractivity contribution in [3.8, 4) is 0 Å². The van der Waals surface area contributed by atoms with E-state index in [2.05, 4.69) is 4.52 Å². The molecule has 10 heteroatoms. The van der Waals surface area contributed by atoms with Crippen molar-refractivity contribution in [2.24, 2.45) is 0 Å². The fourth-order valence-electron chi connectivity index (χ4n) is 0.998. The third kappa shape index (κ3) is 4.10. The minimum Gasteiger partial charge on any atom is -0.321 e. The first-order valence-electron chi connectivity index (χ1n) is 4.41. The number of rotatable bonds is 4. The van der Waals surface area contributed by atoms with Crippen molar-refractivity contribution in [3.63, 3.8) is 0 Å². The molecule has 0 heterocycles. The predicted octanol–water partition coefficient (Wildman–Crippen LogP) is 1.98. The molecule has 1 unspecified atom stereocenters. The number of nitro benzene ring substituents is 1. The number of benzene rings is 1. The van der Waals surface area contributed by atoms with Crippen LogP contribution >= 0.6 is 7.60 Å². The number of hydrogen-bond acceptors (Lipinski definition) is 4.